The monoisotopic (exact) mass is 275 g/mol. The highest BCUT2D eigenvalue weighted by Gasteiger charge is 2.15. The summed E-state index contributed by atoms with van der Waals surface area (Å²) >= 11 is 3.24. The Morgan fingerprint density at radius 2 is 2.14 bits per heavy atom. The molecule has 5 nitrogen and oxygen atoms in total. The first-order chi connectivity index (χ1) is 6.48. The standard InChI is InChI=1S/C7H6BrN3O2S/c8-4-1-2-6-5(3-4)7(11-10-6)14(9,12)13/h1-3H,(H,10,11)(H2,9,12,13). The molecule has 0 saturated heterocycles. The van der Waals surface area contributed by atoms with Gasteiger partial charge in [-0.25, -0.2) is 13.6 Å². The van der Waals surface area contributed by atoms with Crippen molar-refractivity contribution >= 4 is 36.9 Å². The molecule has 14 heavy (non-hydrogen) atoms. The van der Waals surface area contributed by atoms with Crippen molar-refractivity contribution in [2.45, 2.75) is 5.03 Å². The first kappa shape index (κ1) is 9.63. The maximum Gasteiger partial charge on any atom is 0.255 e. The number of nitrogens with two attached hydrogens (primary N) is 1. The van der Waals surface area contributed by atoms with Crippen LogP contribution >= 0.6 is 15.9 Å². The van der Waals surface area contributed by atoms with E-state index in [4.69, 9.17) is 5.14 Å². The summed E-state index contributed by atoms with van der Waals surface area (Å²) in [5.41, 5.74) is 0.567. The maximum atomic E-state index is 11.1. The van der Waals surface area contributed by atoms with E-state index in [0.29, 0.717) is 10.9 Å². The Labute approximate surface area is 88.5 Å². The van der Waals surface area contributed by atoms with Gasteiger partial charge in [-0.2, -0.15) is 5.10 Å². The molecule has 1 aromatic carbocycles. The van der Waals surface area contributed by atoms with E-state index in [1.54, 1.807) is 18.2 Å². The van der Waals surface area contributed by atoms with Crippen molar-refractivity contribution < 1.29 is 8.42 Å². The zero-order valence-corrected chi connectivity index (χ0v) is 9.26. The summed E-state index contributed by atoms with van der Waals surface area (Å²) in [6.07, 6.45) is 0. The van der Waals surface area contributed by atoms with E-state index in [2.05, 4.69) is 26.1 Å². The van der Waals surface area contributed by atoms with Gasteiger partial charge in [0.25, 0.3) is 10.0 Å². The fraction of sp³-hybridized carbons (Fsp3) is 0. The molecule has 2 aromatic rings. The molecule has 0 bridgehead atoms. The summed E-state index contributed by atoms with van der Waals surface area (Å²) in [7, 11) is -3.74. The predicted octanol–water partition coefficient (Wildman–Crippen LogP) is 0.973. The molecular formula is C7H6BrN3O2S. The van der Waals surface area contributed by atoms with E-state index in [9.17, 15) is 8.42 Å². The number of halogens is 1. The minimum atomic E-state index is -3.74. The third kappa shape index (κ3) is 1.54. The van der Waals surface area contributed by atoms with Crippen LogP contribution in [0.15, 0.2) is 27.7 Å². The number of hydrogen-bond donors (Lipinski definition) is 2. The van der Waals surface area contributed by atoms with Gasteiger partial charge in [0, 0.05) is 9.86 Å². The number of fused-ring (bicyclic) bond motifs is 1. The molecule has 0 aliphatic rings. The summed E-state index contributed by atoms with van der Waals surface area (Å²) in [5.74, 6) is 0. The molecule has 0 aliphatic heterocycles. The quantitative estimate of drug-likeness (QED) is 0.813. The van der Waals surface area contributed by atoms with Gasteiger partial charge in [-0.15, -0.1) is 0 Å². The van der Waals surface area contributed by atoms with Gasteiger partial charge in [0.1, 0.15) is 0 Å². The number of aromatic amines is 1. The van der Waals surface area contributed by atoms with Crippen LogP contribution in [0, 0.1) is 0 Å². The molecule has 74 valence electrons. The second-order valence-electron chi connectivity index (χ2n) is 2.76. The van der Waals surface area contributed by atoms with Crippen molar-refractivity contribution in [2.24, 2.45) is 5.14 Å². The summed E-state index contributed by atoms with van der Waals surface area (Å²) in [5, 5.41) is 11.6. The van der Waals surface area contributed by atoms with Crippen molar-refractivity contribution in [1.82, 2.24) is 10.2 Å². The molecule has 1 aromatic heterocycles. The topological polar surface area (TPSA) is 88.8 Å². The van der Waals surface area contributed by atoms with Gasteiger partial charge >= 0.3 is 0 Å². The highest BCUT2D eigenvalue weighted by atomic mass is 79.9. The van der Waals surface area contributed by atoms with Crippen LogP contribution in [0.4, 0.5) is 0 Å². The molecule has 0 radical (unpaired) electrons. The number of sulfonamides is 1. The Bertz CT molecular complexity index is 590. The Hall–Kier alpha value is -0.920. The largest absolute Gasteiger partial charge is 0.265 e. The van der Waals surface area contributed by atoms with E-state index in [-0.39, 0.29) is 5.03 Å². The van der Waals surface area contributed by atoms with Crippen molar-refractivity contribution in [2.75, 3.05) is 0 Å². The maximum absolute atomic E-state index is 11.1. The molecule has 0 spiro atoms. The van der Waals surface area contributed by atoms with Crippen LogP contribution in [0.3, 0.4) is 0 Å². The van der Waals surface area contributed by atoms with Crippen LogP contribution in [0.5, 0.6) is 0 Å². The van der Waals surface area contributed by atoms with Crippen LogP contribution < -0.4 is 5.14 Å². The van der Waals surface area contributed by atoms with Crippen molar-refractivity contribution in [3.63, 3.8) is 0 Å². The van der Waals surface area contributed by atoms with Crippen LogP contribution in [0.1, 0.15) is 0 Å². The number of hydrogen-bond acceptors (Lipinski definition) is 3. The lowest BCUT2D eigenvalue weighted by Crippen LogP contribution is -2.12. The van der Waals surface area contributed by atoms with Gasteiger partial charge in [0.2, 0.25) is 0 Å². The lowest BCUT2D eigenvalue weighted by atomic mass is 10.3. The van der Waals surface area contributed by atoms with E-state index < -0.39 is 10.0 Å². The second-order valence-corrected chi connectivity index (χ2v) is 5.17. The van der Waals surface area contributed by atoms with Crippen LogP contribution in [0.25, 0.3) is 10.9 Å². The average Bonchev–Trinajstić information content (AvgIpc) is 2.45. The van der Waals surface area contributed by atoms with Gasteiger partial charge in [0.05, 0.1) is 5.52 Å². The van der Waals surface area contributed by atoms with Gasteiger partial charge < -0.3 is 0 Å². The number of benzene rings is 1. The molecule has 0 unspecified atom stereocenters. The third-order valence-corrected chi connectivity index (χ3v) is 3.14. The number of primary sulfonamides is 1. The molecule has 2 rings (SSSR count). The average molecular weight is 276 g/mol. The molecule has 0 aliphatic carbocycles. The number of aromatic nitrogens is 2. The zero-order chi connectivity index (χ0) is 10.3. The van der Waals surface area contributed by atoms with Gasteiger partial charge in [-0.3, -0.25) is 5.10 Å². The smallest absolute Gasteiger partial charge is 0.255 e. The minimum absolute atomic E-state index is 0.0613. The Morgan fingerprint density at radius 3 is 2.79 bits per heavy atom. The van der Waals surface area contributed by atoms with E-state index in [1.165, 1.54) is 0 Å². The first-order valence-electron chi connectivity index (χ1n) is 3.65. The van der Waals surface area contributed by atoms with E-state index in [1.807, 2.05) is 0 Å². The minimum Gasteiger partial charge on any atom is -0.265 e. The van der Waals surface area contributed by atoms with Gasteiger partial charge in [-0.1, -0.05) is 15.9 Å². The summed E-state index contributed by atoms with van der Waals surface area (Å²) in [6.45, 7) is 0. The zero-order valence-electron chi connectivity index (χ0n) is 6.86. The fourth-order valence-corrected chi connectivity index (χ4v) is 2.18. The molecule has 0 saturated carbocycles. The lowest BCUT2D eigenvalue weighted by molar-refractivity contribution is 0.594. The molecule has 1 heterocycles. The number of H-pyrrole nitrogens is 1. The Morgan fingerprint density at radius 1 is 1.43 bits per heavy atom. The van der Waals surface area contributed by atoms with E-state index in [0.717, 1.165) is 4.47 Å². The first-order valence-corrected chi connectivity index (χ1v) is 5.99. The van der Waals surface area contributed by atoms with E-state index >= 15 is 0 Å². The van der Waals surface area contributed by atoms with Crippen LogP contribution in [-0.2, 0) is 10.0 Å². The fourth-order valence-electron chi connectivity index (χ4n) is 1.18. The number of nitrogens with one attached hydrogen (secondary N) is 1. The van der Waals surface area contributed by atoms with Gasteiger partial charge in [-0.05, 0) is 18.2 Å². The van der Waals surface area contributed by atoms with Crippen LogP contribution in [0.2, 0.25) is 0 Å². The molecule has 0 atom stereocenters. The highest BCUT2D eigenvalue weighted by molar-refractivity contribution is 9.10. The predicted molar refractivity (Wildman–Crippen MR) is 55.2 cm³/mol. The third-order valence-electron chi connectivity index (χ3n) is 1.77. The highest BCUT2D eigenvalue weighted by Crippen LogP contribution is 2.22. The normalized spacial score (nSPS) is 12.1. The Balaban J connectivity index is 2.87. The van der Waals surface area contributed by atoms with Gasteiger partial charge in [0.15, 0.2) is 5.03 Å². The van der Waals surface area contributed by atoms with Crippen molar-refractivity contribution in [3.05, 3.63) is 22.7 Å². The molecule has 3 N–H and O–H groups in total. The molecule has 0 amide bonds. The molecule has 0 fully saturated rings. The summed E-state index contributed by atoms with van der Waals surface area (Å²) in [6, 6.07) is 5.12. The molecule has 7 heteroatoms. The van der Waals surface area contributed by atoms with Crippen LogP contribution in [-0.4, -0.2) is 18.6 Å². The van der Waals surface area contributed by atoms with Crippen molar-refractivity contribution in [3.8, 4) is 0 Å². The van der Waals surface area contributed by atoms with Crippen molar-refractivity contribution in [1.29, 1.82) is 0 Å². The number of rotatable bonds is 1. The Kier molecular flexibility index (Phi) is 2.09. The molecular weight excluding hydrogens is 270 g/mol. The second kappa shape index (κ2) is 3.04. The SMILES string of the molecule is NS(=O)(=O)c1[nH]nc2ccc(Br)cc12. The number of nitrogens with zero attached hydrogens (tertiary/aromatic N) is 1. The lowest BCUT2D eigenvalue weighted by Gasteiger charge is -1.94. The summed E-state index contributed by atoms with van der Waals surface area (Å²) in [4.78, 5) is 0. The summed E-state index contributed by atoms with van der Waals surface area (Å²) < 4.78 is 23.0.